The number of carboxylic acid groups (broad SMARTS) is 2. The highest BCUT2D eigenvalue weighted by Crippen LogP contribution is 1.95. The summed E-state index contributed by atoms with van der Waals surface area (Å²) in [7, 11) is 0. The fraction of sp³-hybridized carbons (Fsp3) is 0.769. The highest BCUT2D eigenvalue weighted by atomic mass is 16.4. The summed E-state index contributed by atoms with van der Waals surface area (Å²) in [5, 5.41) is 21.0. The van der Waals surface area contributed by atoms with Gasteiger partial charge in [-0.2, -0.15) is 0 Å². The molecule has 0 aliphatic carbocycles. The lowest BCUT2D eigenvalue weighted by Crippen LogP contribution is -2.46. The van der Waals surface area contributed by atoms with Crippen molar-refractivity contribution in [3.63, 3.8) is 0 Å². The Morgan fingerprint density at radius 2 is 1.32 bits per heavy atom. The molecule has 0 aromatic carbocycles. The first-order valence-corrected chi connectivity index (χ1v) is 7.29. The summed E-state index contributed by atoms with van der Waals surface area (Å²) in [6, 6.07) is 0. The van der Waals surface area contributed by atoms with Gasteiger partial charge in [0.2, 0.25) is 6.41 Å². The van der Waals surface area contributed by atoms with Crippen LogP contribution in [0.2, 0.25) is 0 Å². The molecule has 1 fully saturated rings. The Bertz CT molecular complexity index is 349. The van der Waals surface area contributed by atoms with Crippen LogP contribution in [0.5, 0.6) is 0 Å². The number of carbonyl (C=O) groups excluding carboxylic acids is 1. The summed E-state index contributed by atoms with van der Waals surface area (Å²) in [5.74, 6) is -1.78. The molecule has 0 radical (unpaired) electrons. The van der Waals surface area contributed by atoms with E-state index in [-0.39, 0.29) is 13.1 Å². The van der Waals surface area contributed by atoms with Crippen molar-refractivity contribution in [1.29, 1.82) is 0 Å². The average Bonchev–Trinajstić information content (AvgIpc) is 2.43. The van der Waals surface area contributed by atoms with Gasteiger partial charge in [-0.25, -0.2) is 0 Å². The molecule has 0 saturated carbocycles. The first-order chi connectivity index (χ1) is 10.5. The van der Waals surface area contributed by atoms with Crippen LogP contribution in [0, 0.1) is 0 Å². The summed E-state index contributed by atoms with van der Waals surface area (Å²) in [4.78, 5) is 37.9. The van der Waals surface area contributed by atoms with Crippen molar-refractivity contribution in [2.75, 3.05) is 65.4 Å². The van der Waals surface area contributed by atoms with Crippen molar-refractivity contribution < 1.29 is 24.6 Å². The maximum atomic E-state index is 11.1. The zero-order chi connectivity index (χ0) is 16.4. The molecule has 126 valence electrons. The first kappa shape index (κ1) is 18.3. The van der Waals surface area contributed by atoms with E-state index < -0.39 is 11.9 Å². The molecule has 1 heterocycles. The molecule has 3 N–H and O–H groups in total. The van der Waals surface area contributed by atoms with Gasteiger partial charge in [0, 0.05) is 52.4 Å². The average molecular weight is 316 g/mol. The topological polar surface area (TPSA) is 113 Å². The Balaban J connectivity index is 2.58. The molecule has 0 atom stereocenters. The van der Waals surface area contributed by atoms with Crippen LogP contribution in [0.4, 0.5) is 0 Å². The number of carbonyl (C=O) groups is 3. The first-order valence-electron chi connectivity index (χ1n) is 7.29. The maximum absolute atomic E-state index is 11.1. The second-order valence-electron chi connectivity index (χ2n) is 5.23. The number of rotatable bonds is 5. The van der Waals surface area contributed by atoms with Crippen LogP contribution in [0.25, 0.3) is 0 Å². The maximum Gasteiger partial charge on any atom is 0.317 e. The van der Waals surface area contributed by atoms with E-state index in [2.05, 4.69) is 5.32 Å². The van der Waals surface area contributed by atoms with Gasteiger partial charge in [0.1, 0.15) is 0 Å². The highest BCUT2D eigenvalue weighted by Gasteiger charge is 2.15. The van der Waals surface area contributed by atoms with Gasteiger partial charge in [-0.15, -0.1) is 0 Å². The number of nitrogens with zero attached hydrogens (tertiary/aromatic N) is 3. The number of amides is 1. The van der Waals surface area contributed by atoms with E-state index in [1.54, 1.807) is 14.7 Å². The minimum absolute atomic E-state index is 0.0560. The largest absolute Gasteiger partial charge is 0.480 e. The third kappa shape index (κ3) is 7.91. The van der Waals surface area contributed by atoms with Crippen molar-refractivity contribution in [2.45, 2.75) is 0 Å². The quantitative estimate of drug-likeness (QED) is 0.491. The van der Waals surface area contributed by atoms with E-state index >= 15 is 0 Å². The molecule has 22 heavy (non-hydrogen) atoms. The molecule has 1 aliphatic rings. The SMILES string of the molecule is O=CN1CCN(CC(=O)O)CCNCCN(CC(=O)O)CC1. The fourth-order valence-corrected chi connectivity index (χ4v) is 2.28. The lowest BCUT2D eigenvalue weighted by Gasteiger charge is -2.28. The molecule has 0 spiro atoms. The van der Waals surface area contributed by atoms with Gasteiger partial charge in [0.25, 0.3) is 0 Å². The molecule has 0 aromatic heterocycles. The molecule has 1 saturated heterocycles. The van der Waals surface area contributed by atoms with Crippen molar-refractivity contribution in [2.24, 2.45) is 0 Å². The molecule has 0 unspecified atom stereocenters. The second kappa shape index (κ2) is 10.1. The predicted molar refractivity (Wildman–Crippen MR) is 78.7 cm³/mol. The summed E-state index contributed by atoms with van der Waals surface area (Å²) >= 11 is 0. The predicted octanol–water partition coefficient (Wildman–Crippen LogP) is -2.18. The minimum atomic E-state index is -0.891. The third-order valence-corrected chi connectivity index (χ3v) is 3.48. The minimum Gasteiger partial charge on any atom is -0.480 e. The van der Waals surface area contributed by atoms with Crippen molar-refractivity contribution >= 4 is 18.3 Å². The van der Waals surface area contributed by atoms with Crippen molar-refractivity contribution in [3.8, 4) is 0 Å². The van der Waals surface area contributed by atoms with Gasteiger partial charge in [0.05, 0.1) is 13.1 Å². The van der Waals surface area contributed by atoms with E-state index in [1.807, 2.05) is 0 Å². The lowest BCUT2D eigenvalue weighted by atomic mass is 10.3. The monoisotopic (exact) mass is 316 g/mol. The zero-order valence-corrected chi connectivity index (χ0v) is 12.6. The zero-order valence-electron chi connectivity index (χ0n) is 12.6. The second-order valence-corrected chi connectivity index (χ2v) is 5.23. The van der Waals surface area contributed by atoms with Crippen molar-refractivity contribution in [3.05, 3.63) is 0 Å². The normalized spacial score (nSPS) is 19.9. The van der Waals surface area contributed by atoms with Crippen LogP contribution in [0.3, 0.4) is 0 Å². The molecular formula is C13H24N4O5. The molecule has 1 rings (SSSR count). The third-order valence-electron chi connectivity index (χ3n) is 3.48. The number of nitrogens with one attached hydrogen (secondary N) is 1. The molecule has 0 bridgehead atoms. The van der Waals surface area contributed by atoms with Gasteiger partial charge in [-0.05, 0) is 0 Å². The molecule has 9 nitrogen and oxygen atoms in total. The van der Waals surface area contributed by atoms with E-state index in [0.717, 1.165) is 6.41 Å². The Labute approximate surface area is 129 Å². The Morgan fingerprint density at radius 3 is 1.68 bits per heavy atom. The lowest BCUT2D eigenvalue weighted by molar-refractivity contribution is -0.139. The molecule has 0 aromatic rings. The van der Waals surface area contributed by atoms with E-state index in [0.29, 0.717) is 52.4 Å². The number of hydrogen-bond acceptors (Lipinski definition) is 6. The number of hydrogen-bond donors (Lipinski definition) is 3. The van der Waals surface area contributed by atoms with Gasteiger partial charge < -0.3 is 20.4 Å². The molecule has 1 aliphatic heterocycles. The highest BCUT2D eigenvalue weighted by molar-refractivity contribution is 5.69. The Hall–Kier alpha value is -1.71. The van der Waals surface area contributed by atoms with Gasteiger partial charge in [0.15, 0.2) is 0 Å². The van der Waals surface area contributed by atoms with Crippen LogP contribution in [-0.4, -0.2) is 109 Å². The van der Waals surface area contributed by atoms with Gasteiger partial charge >= 0.3 is 11.9 Å². The summed E-state index contributed by atoms with van der Waals surface area (Å²) in [6.07, 6.45) is 0.724. The molecular weight excluding hydrogens is 292 g/mol. The standard InChI is InChI=1S/C13H24N4O5/c18-11-17-7-5-15(9-12(19)20)3-1-14-2-4-16(6-8-17)10-13(21)22/h11,14H,1-10H2,(H,19,20)(H,21,22). The molecule has 9 heteroatoms. The van der Waals surface area contributed by atoms with Crippen LogP contribution in [-0.2, 0) is 14.4 Å². The summed E-state index contributed by atoms with van der Waals surface area (Å²) in [6.45, 7) is 4.08. The Kier molecular flexibility index (Phi) is 8.41. The Morgan fingerprint density at radius 1 is 0.864 bits per heavy atom. The van der Waals surface area contributed by atoms with Gasteiger partial charge in [-0.1, -0.05) is 0 Å². The van der Waals surface area contributed by atoms with E-state index in [9.17, 15) is 14.4 Å². The van der Waals surface area contributed by atoms with Crippen LogP contribution in [0.1, 0.15) is 0 Å². The smallest absolute Gasteiger partial charge is 0.317 e. The van der Waals surface area contributed by atoms with Crippen molar-refractivity contribution in [1.82, 2.24) is 20.0 Å². The number of aliphatic carboxylic acids is 2. The summed E-state index contributed by atoms with van der Waals surface area (Å²) < 4.78 is 0. The van der Waals surface area contributed by atoms with Crippen LogP contribution < -0.4 is 5.32 Å². The molecule has 1 amide bonds. The summed E-state index contributed by atoms with van der Waals surface area (Å²) in [5.41, 5.74) is 0. The van der Waals surface area contributed by atoms with Gasteiger partial charge in [-0.3, -0.25) is 24.2 Å². The van der Waals surface area contributed by atoms with E-state index in [4.69, 9.17) is 10.2 Å². The number of carboxylic acids is 2. The van der Waals surface area contributed by atoms with E-state index in [1.165, 1.54) is 0 Å². The fourth-order valence-electron chi connectivity index (χ4n) is 2.28. The van der Waals surface area contributed by atoms with Crippen LogP contribution >= 0.6 is 0 Å². The van der Waals surface area contributed by atoms with Crippen LogP contribution in [0.15, 0.2) is 0 Å².